The van der Waals surface area contributed by atoms with E-state index < -0.39 is 8.80 Å². The molecule has 0 bridgehead atoms. The summed E-state index contributed by atoms with van der Waals surface area (Å²) >= 11 is 1.79. The van der Waals surface area contributed by atoms with Gasteiger partial charge in [-0.05, 0) is 27.7 Å². The highest BCUT2D eigenvalue weighted by molar-refractivity contribution is 7.09. The Balaban J connectivity index is 0.00000312. The van der Waals surface area contributed by atoms with Crippen LogP contribution in [0.25, 0.3) is 0 Å². The quantitative estimate of drug-likeness (QED) is 0.279. The van der Waals surface area contributed by atoms with E-state index in [1.165, 1.54) is 16.1 Å². The molecule has 1 heterocycles. The van der Waals surface area contributed by atoms with Gasteiger partial charge in [0.25, 0.3) is 0 Å². The van der Waals surface area contributed by atoms with Gasteiger partial charge in [0.2, 0.25) is 5.51 Å². The minimum absolute atomic E-state index is 0. The van der Waals surface area contributed by atoms with Gasteiger partial charge in [-0.15, -0.1) is 0 Å². The predicted octanol–water partition coefficient (Wildman–Crippen LogP) is -0.0399. The zero-order valence-corrected chi connectivity index (χ0v) is 19.6. The zero-order valence-electron chi connectivity index (χ0n) is 15.7. The van der Waals surface area contributed by atoms with Gasteiger partial charge in [0.15, 0.2) is 12.2 Å². The third kappa shape index (κ3) is 5.57. The summed E-state index contributed by atoms with van der Waals surface area (Å²) in [5, 5.41) is 1.03. The first-order valence-corrected chi connectivity index (χ1v) is 11.1. The fraction of sp³-hybridized carbons (Fsp3) is 0.500. The Hall–Kier alpha value is -0.323. The minimum atomic E-state index is -2.80. The van der Waals surface area contributed by atoms with E-state index in [9.17, 15) is 0 Å². The first-order valence-electron chi connectivity index (χ1n) is 8.51. The summed E-state index contributed by atoms with van der Waals surface area (Å²) in [6.45, 7) is 12.9. The van der Waals surface area contributed by atoms with Crippen LogP contribution in [0.5, 0.6) is 0 Å². The number of halogens is 1. The minimum Gasteiger partial charge on any atom is -1.00 e. The molecular formula is C18H28INO3SSi. The molecule has 0 spiro atoms. The van der Waals surface area contributed by atoms with Gasteiger partial charge in [-0.25, -0.2) is 0 Å². The molecule has 0 aliphatic rings. The fourth-order valence-electron chi connectivity index (χ4n) is 2.62. The van der Waals surface area contributed by atoms with Gasteiger partial charge in [-0.3, -0.25) is 0 Å². The number of rotatable bonds is 9. The molecule has 1 aromatic heterocycles. The van der Waals surface area contributed by atoms with Gasteiger partial charge in [0.1, 0.15) is 0 Å². The Morgan fingerprint density at radius 2 is 1.44 bits per heavy atom. The Morgan fingerprint density at radius 1 is 0.920 bits per heavy atom. The molecule has 0 amide bonds. The van der Waals surface area contributed by atoms with Crippen molar-refractivity contribution in [1.82, 2.24) is 0 Å². The maximum absolute atomic E-state index is 5.97. The number of aryl methyl sites for hydroxylation is 1. The van der Waals surface area contributed by atoms with Crippen molar-refractivity contribution in [2.75, 3.05) is 19.8 Å². The number of thiazole rings is 1. The summed E-state index contributed by atoms with van der Waals surface area (Å²) in [6, 6.07) is 8.48. The van der Waals surface area contributed by atoms with Crippen LogP contribution >= 0.6 is 11.3 Å². The lowest BCUT2D eigenvalue weighted by atomic mass is 10.2. The van der Waals surface area contributed by atoms with Crippen LogP contribution in [0.15, 0.2) is 29.8 Å². The third-order valence-electron chi connectivity index (χ3n) is 3.96. The van der Waals surface area contributed by atoms with Gasteiger partial charge in [0, 0.05) is 37.5 Å². The van der Waals surface area contributed by atoms with Gasteiger partial charge in [-0.1, -0.05) is 35.6 Å². The smallest absolute Gasteiger partial charge is 0.537 e. The standard InChI is InChI=1S/C18H28NO3SSi.HI/c1-6-20-24(21-7-2,22-8-3)18-11-9-17(10-12-18)13-19-14-23-16(5)15(19)4;/h9-12,14H,6-8,13H2,1-5H3;1H/q+1;/p-1. The number of benzene rings is 1. The highest BCUT2D eigenvalue weighted by Crippen LogP contribution is 2.13. The summed E-state index contributed by atoms with van der Waals surface area (Å²) in [5.41, 5.74) is 4.76. The molecule has 2 rings (SSSR count). The van der Waals surface area contributed by atoms with Crippen molar-refractivity contribution < 1.29 is 41.8 Å². The van der Waals surface area contributed by atoms with Gasteiger partial charge in [-0.2, -0.15) is 4.57 Å². The van der Waals surface area contributed by atoms with E-state index in [4.69, 9.17) is 13.3 Å². The van der Waals surface area contributed by atoms with Crippen LogP contribution in [-0.4, -0.2) is 28.6 Å². The van der Waals surface area contributed by atoms with Crippen LogP contribution in [-0.2, 0) is 19.8 Å². The van der Waals surface area contributed by atoms with E-state index >= 15 is 0 Å². The lowest BCUT2D eigenvalue weighted by molar-refractivity contribution is -0.689. The second kappa shape index (κ2) is 10.7. The molecule has 0 saturated carbocycles. The maximum Gasteiger partial charge on any atom is 0.537 e. The molecule has 2 aromatic rings. The van der Waals surface area contributed by atoms with E-state index in [0.29, 0.717) is 19.8 Å². The van der Waals surface area contributed by atoms with E-state index in [2.05, 4.69) is 48.2 Å². The first kappa shape index (κ1) is 22.7. The zero-order chi connectivity index (χ0) is 17.6. The van der Waals surface area contributed by atoms with Crippen LogP contribution in [0.2, 0.25) is 0 Å². The monoisotopic (exact) mass is 493 g/mol. The molecular weight excluding hydrogens is 465 g/mol. The van der Waals surface area contributed by atoms with E-state index in [1.807, 2.05) is 20.8 Å². The molecule has 0 N–H and O–H groups in total. The maximum atomic E-state index is 5.97. The summed E-state index contributed by atoms with van der Waals surface area (Å²) in [6.07, 6.45) is 0. The van der Waals surface area contributed by atoms with Crippen molar-refractivity contribution in [2.45, 2.75) is 41.2 Å². The van der Waals surface area contributed by atoms with Crippen LogP contribution in [0.1, 0.15) is 36.9 Å². The fourth-order valence-corrected chi connectivity index (χ4v) is 5.89. The average molecular weight is 493 g/mol. The van der Waals surface area contributed by atoms with Crippen molar-refractivity contribution >= 4 is 25.3 Å². The molecule has 25 heavy (non-hydrogen) atoms. The normalized spacial score (nSPS) is 11.4. The molecule has 0 aliphatic heterocycles. The molecule has 0 atom stereocenters. The van der Waals surface area contributed by atoms with Crippen LogP contribution in [0, 0.1) is 13.8 Å². The number of hydrogen-bond donors (Lipinski definition) is 0. The molecule has 0 aliphatic carbocycles. The van der Waals surface area contributed by atoms with E-state index in [-0.39, 0.29) is 24.0 Å². The second-order valence-corrected chi connectivity index (χ2v) is 9.16. The van der Waals surface area contributed by atoms with Crippen LogP contribution < -0.4 is 33.7 Å². The number of aromatic nitrogens is 1. The van der Waals surface area contributed by atoms with Crippen molar-refractivity contribution in [1.29, 1.82) is 0 Å². The predicted molar refractivity (Wildman–Crippen MR) is 99.8 cm³/mol. The summed E-state index contributed by atoms with van der Waals surface area (Å²) in [7, 11) is -2.80. The summed E-state index contributed by atoms with van der Waals surface area (Å²) < 4.78 is 20.2. The largest absolute Gasteiger partial charge is 1.00 e. The van der Waals surface area contributed by atoms with Crippen molar-refractivity contribution in [3.05, 3.63) is 45.9 Å². The van der Waals surface area contributed by atoms with Crippen molar-refractivity contribution in [3.63, 3.8) is 0 Å². The Morgan fingerprint density at radius 3 is 1.84 bits per heavy atom. The third-order valence-corrected chi connectivity index (χ3v) is 8.02. The molecule has 4 nitrogen and oxygen atoms in total. The average Bonchev–Trinajstić information content (AvgIpc) is 2.88. The summed E-state index contributed by atoms with van der Waals surface area (Å²) in [4.78, 5) is 1.36. The highest BCUT2D eigenvalue weighted by atomic mass is 127. The van der Waals surface area contributed by atoms with Crippen molar-refractivity contribution in [2.24, 2.45) is 0 Å². The molecule has 0 fully saturated rings. The second-order valence-electron chi connectivity index (χ2n) is 5.54. The Labute approximate surface area is 173 Å². The lowest BCUT2D eigenvalue weighted by Gasteiger charge is -2.28. The van der Waals surface area contributed by atoms with E-state index in [1.54, 1.807) is 11.3 Å². The molecule has 0 unspecified atom stereocenters. The molecule has 1 aromatic carbocycles. The van der Waals surface area contributed by atoms with E-state index in [0.717, 1.165) is 11.7 Å². The Bertz CT molecular complexity index is 631. The molecule has 0 radical (unpaired) electrons. The molecule has 7 heteroatoms. The van der Waals surface area contributed by atoms with Gasteiger partial charge < -0.3 is 37.3 Å². The SMILES string of the molecule is CCO[Si](OCC)(OCC)c1ccc(C[n+]2csc(C)c2C)cc1.[I-]. The molecule has 0 saturated heterocycles. The summed E-state index contributed by atoms with van der Waals surface area (Å²) in [5.74, 6) is 0. The highest BCUT2D eigenvalue weighted by Gasteiger charge is 2.43. The topological polar surface area (TPSA) is 31.6 Å². The van der Waals surface area contributed by atoms with Gasteiger partial charge >= 0.3 is 8.80 Å². The number of hydrogen-bond acceptors (Lipinski definition) is 4. The lowest BCUT2D eigenvalue weighted by Crippen LogP contribution is -3.00. The van der Waals surface area contributed by atoms with Crippen molar-refractivity contribution in [3.8, 4) is 0 Å². The van der Waals surface area contributed by atoms with Crippen LogP contribution in [0.4, 0.5) is 0 Å². The van der Waals surface area contributed by atoms with Gasteiger partial charge in [0.05, 0.1) is 4.88 Å². The first-order chi connectivity index (χ1) is 11.6. The Kier molecular flexibility index (Phi) is 9.76. The number of nitrogens with zero attached hydrogens (tertiary/aromatic N) is 1. The molecule has 140 valence electrons. The van der Waals surface area contributed by atoms with Crippen LogP contribution in [0.3, 0.4) is 0 Å².